The highest BCUT2D eigenvalue weighted by molar-refractivity contribution is 6.31. The molecule has 1 aromatic heterocycles. The van der Waals surface area contributed by atoms with E-state index in [0.717, 1.165) is 22.1 Å². The molecule has 0 fully saturated rings. The molecule has 0 aliphatic rings. The van der Waals surface area contributed by atoms with Gasteiger partial charge >= 0.3 is 0 Å². The van der Waals surface area contributed by atoms with Crippen LogP contribution in [0.25, 0.3) is 11.0 Å². The van der Waals surface area contributed by atoms with Gasteiger partial charge in [0.2, 0.25) is 0 Å². The van der Waals surface area contributed by atoms with Crippen molar-refractivity contribution in [1.29, 1.82) is 0 Å². The lowest BCUT2D eigenvalue weighted by Crippen LogP contribution is -2.29. The van der Waals surface area contributed by atoms with E-state index < -0.39 is 0 Å². The van der Waals surface area contributed by atoms with Gasteiger partial charge in [-0.1, -0.05) is 72.3 Å². The van der Waals surface area contributed by atoms with Crippen molar-refractivity contribution < 1.29 is 9.21 Å². The Hall–Kier alpha value is -3.04. The molecule has 4 rings (SSSR count). The molecule has 1 heterocycles. The number of hydrogen-bond acceptors (Lipinski definition) is 2. The summed E-state index contributed by atoms with van der Waals surface area (Å²) in [6, 6.07) is 24.9. The molecule has 0 atom stereocenters. The summed E-state index contributed by atoms with van der Waals surface area (Å²) in [4.78, 5) is 13.0. The number of furan rings is 1. The third-order valence-corrected chi connectivity index (χ3v) is 4.88. The summed E-state index contributed by atoms with van der Waals surface area (Å²) in [7, 11) is 0. The molecule has 0 aliphatic heterocycles. The SMILES string of the molecule is Cc1c(C(=O)NC(c2ccccc2)c2ccccc2)oc2ccc(Cl)cc12. The van der Waals surface area contributed by atoms with Crippen LogP contribution in [0.2, 0.25) is 5.02 Å². The van der Waals surface area contributed by atoms with E-state index in [4.69, 9.17) is 16.0 Å². The van der Waals surface area contributed by atoms with Crippen LogP contribution in [0.15, 0.2) is 83.3 Å². The van der Waals surface area contributed by atoms with Gasteiger partial charge in [-0.2, -0.15) is 0 Å². The summed E-state index contributed by atoms with van der Waals surface area (Å²) >= 11 is 6.08. The Morgan fingerprint density at radius 2 is 1.52 bits per heavy atom. The lowest BCUT2D eigenvalue weighted by Gasteiger charge is -2.19. The van der Waals surface area contributed by atoms with Crippen LogP contribution in [-0.2, 0) is 0 Å². The standard InChI is InChI=1S/C23H18ClNO2/c1-15-19-14-18(24)12-13-20(19)27-22(15)23(26)25-21(16-8-4-2-5-9-16)17-10-6-3-7-11-17/h2-14,21H,1H3,(H,25,26). The van der Waals surface area contributed by atoms with E-state index in [1.807, 2.05) is 73.7 Å². The van der Waals surface area contributed by atoms with Crippen LogP contribution in [0.5, 0.6) is 0 Å². The van der Waals surface area contributed by atoms with E-state index in [1.54, 1.807) is 12.1 Å². The number of hydrogen-bond donors (Lipinski definition) is 1. The molecule has 3 aromatic carbocycles. The molecule has 0 spiro atoms. The van der Waals surface area contributed by atoms with Gasteiger partial charge in [0.1, 0.15) is 5.58 Å². The van der Waals surface area contributed by atoms with Gasteiger partial charge in [-0.05, 0) is 36.2 Å². The first-order valence-corrected chi connectivity index (χ1v) is 9.10. The van der Waals surface area contributed by atoms with Gasteiger partial charge in [0, 0.05) is 16.0 Å². The Labute approximate surface area is 162 Å². The van der Waals surface area contributed by atoms with Crippen molar-refractivity contribution >= 4 is 28.5 Å². The molecule has 0 aliphatic carbocycles. The first-order chi connectivity index (χ1) is 13.1. The maximum Gasteiger partial charge on any atom is 0.288 e. The number of carbonyl (C=O) groups excluding carboxylic acids is 1. The minimum atomic E-state index is -0.267. The van der Waals surface area contributed by atoms with Gasteiger partial charge in [-0.3, -0.25) is 4.79 Å². The van der Waals surface area contributed by atoms with Gasteiger partial charge in [-0.25, -0.2) is 0 Å². The third kappa shape index (κ3) is 3.46. The first kappa shape index (κ1) is 17.4. The fraction of sp³-hybridized carbons (Fsp3) is 0.0870. The van der Waals surface area contributed by atoms with E-state index in [0.29, 0.717) is 16.4 Å². The normalized spacial score (nSPS) is 11.1. The van der Waals surface area contributed by atoms with Crippen molar-refractivity contribution in [2.75, 3.05) is 0 Å². The average molecular weight is 376 g/mol. The predicted octanol–water partition coefficient (Wildman–Crippen LogP) is 5.91. The first-order valence-electron chi connectivity index (χ1n) is 8.73. The van der Waals surface area contributed by atoms with E-state index >= 15 is 0 Å². The molecule has 3 nitrogen and oxygen atoms in total. The fourth-order valence-corrected chi connectivity index (χ4v) is 3.43. The van der Waals surface area contributed by atoms with Gasteiger partial charge in [0.05, 0.1) is 6.04 Å². The highest BCUT2D eigenvalue weighted by Gasteiger charge is 2.22. The van der Waals surface area contributed by atoms with Gasteiger partial charge in [-0.15, -0.1) is 0 Å². The summed E-state index contributed by atoms with van der Waals surface area (Å²) < 4.78 is 5.82. The van der Waals surface area contributed by atoms with Crippen molar-refractivity contribution in [2.24, 2.45) is 0 Å². The van der Waals surface area contributed by atoms with Gasteiger partial charge in [0.25, 0.3) is 5.91 Å². The largest absolute Gasteiger partial charge is 0.451 e. The summed E-state index contributed by atoms with van der Waals surface area (Å²) in [5.41, 5.74) is 3.45. The number of halogens is 1. The second kappa shape index (κ2) is 7.29. The number of fused-ring (bicyclic) bond motifs is 1. The molecule has 0 saturated heterocycles. The van der Waals surface area contributed by atoms with Crippen LogP contribution in [0.4, 0.5) is 0 Å². The summed E-state index contributed by atoms with van der Waals surface area (Å²) in [5, 5.41) is 4.58. The molecule has 4 heteroatoms. The zero-order valence-electron chi connectivity index (χ0n) is 14.8. The molecule has 27 heavy (non-hydrogen) atoms. The number of rotatable bonds is 4. The average Bonchev–Trinajstić information content (AvgIpc) is 3.03. The van der Waals surface area contributed by atoms with Crippen LogP contribution in [0.1, 0.15) is 33.3 Å². The molecule has 4 aromatic rings. The maximum atomic E-state index is 13.0. The lowest BCUT2D eigenvalue weighted by atomic mass is 9.98. The number of nitrogens with one attached hydrogen (secondary N) is 1. The Balaban J connectivity index is 1.71. The maximum absolute atomic E-state index is 13.0. The van der Waals surface area contributed by atoms with Crippen LogP contribution in [0, 0.1) is 6.92 Å². The molecular weight excluding hydrogens is 358 g/mol. The van der Waals surface area contributed by atoms with E-state index in [9.17, 15) is 4.79 Å². The van der Waals surface area contributed by atoms with Gasteiger partial charge < -0.3 is 9.73 Å². The van der Waals surface area contributed by atoms with Crippen molar-refractivity contribution in [3.8, 4) is 0 Å². The van der Waals surface area contributed by atoms with Gasteiger partial charge in [0.15, 0.2) is 5.76 Å². The molecule has 0 bridgehead atoms. The van der Waals surface area contributed by atoms with E-state index in [2.05, 4.69) is 5.32 Å². The van der Waals surface area contributed by atoms with Crippen LogP contribution >= 0.6 is 11.6 Å². The Bertz CT molecular complexity index is 1050. The van der Waals surface area contributed by atoms with E-state index in [-0.39, 0.29) is 11.9 Å². The van der Waals surface area contributed by atoms with Crippen molar-refractivity contribution in [3.63, 3.8) is 0 Å². The highest BCUT2D eigenvalue weighted by Crippen LogP contribution is 2.29. The minimum Gasteiger partial charge on any atom is -0.451 e. The van der Waals surface area contributed by atoms with Crippen LogP contribution in [0.3, 0.4) is 0 Å². The van der Waals surface area contributed by atoms with Crippen molar-refractivity contribution in [2.45, 2.75) is 13.0 Å². The van der Waals surface area contributed by atoms with Crippen molar-refractivity contribution in [1.82, 2.24) is 5.32 Å². The smallest absolute Gasteiger partial charge is 0.288 e. The molecule has 0 unspecified atom stereocenters. The molecule has 1 N–H and O–H groups in total. The molecular formula is C23H18ClNO2. The summed E-state index contributed by atoms with van der Waals surface area (Å²) in [6.45, 7) is 1.87. The van der Waals surface area contributed by atoms with E-state index in [1.165, 1.54) is 0 Å². The number of aryl methyl sites for hydroxylation is 1. The van der Waals surface area contributed by atoms with Crippen LogP contribution < -0.4 is 5.32 Å². The zero-order valence-corrected chi connectivity index (χ0v) is 15.5. The monoisotopic (exact) mass is 375 g/mol. The molecule has 134 valence electrons. The third-order valence-electron chi connectivity index (χ3n) is 4.65. The lowest BCUT2D eigenvalue weighted by molar-refractivity contribution is 0.0916. The molecule has 0 saturated carbocycles. The van der Waals surface area contributed by atoms with Crippen LogP contribution in [-0.4, -0.2) is 5.91 Å². The topological polar surface area (TPSA) is 42.2 Å². The second-order valence-corrected chi connectivity index (χ2v) is 6.86. The van der Waals surface area contributed by atoms with Crippen molar-refractivity contribution in [3.05, 3.63) is 106 Å². The predicted molar refractivity (Wildman–Crippen MR) is 108 cm³/mol. The number of benzene rings is 3. The highest BCUT2D eigenvalue weighted by atomic mass is 35.5. The fourth-order valence-electron chi connectivity index (χ4n) is 3.26. The number of amides is 1. The second-order valence-electron chi connectivity index (χ2n) is 6.42. The summed E-state index contributed by atoms with van der Waals surface area (Å²) in [6.07, 6.45) is 0. The number of carbonyl (C=O) groups is 1. The Kier molecular flexibility index (Phi) is 4.69. The quantitative estimate of drug-likeness (QED) is 0.481. The molecule has 0 radical (unpaired) electrons. The molecule has 1 amide bonds. The zero-order chi connectivity index (χ0) is 18.8. The summed E-state index contributed by atoms with van der Waals surface area (Å²) in [5.74, 6) is 0.0571. The Morgan fingerprint density at radius 1 is 0.926 bits per heavy atom. The Morgan fingerprint density at radius 3 is 2.11 bits per heavy atom. The minimum absolute atomic E-state index is 0.252.